The number of hydrogen-bond acceptors (Lipinski definition) is 4. The normalized spacial score (nSPS) is 10.5. The van der Waals surface area contributed by atoms with Gasteiger partial charge in [0.15, 0.2) is 0 Å². The molecule has 5 heteroatoms. The lowest BCUT2D eigenvalue weighted by atomic mass is 10.2. The smallest absolute Gasteiger partial charge is 0.225 e. The molecule has 0 unspecified atom stereocenters. The second-order valence-corrected chi connectivity index (χ2v) is 4.90. The molecule has 0 aliphatic rings. The predicted octanol–water partition coefficient (Wildman–Crippen LogP) is 2.53. The van der Waals surface area contributed by atoms with Crippen LogP contribution in [0.5, 0.6) is 0 Å². The second kappa shape index (κ2) is 5.99. The van der Waals surface area contributed by atoms with E-state index in [1.165, 1.54) is 0 Å². The van der Waals surface area contributed by atoms with Gasteiger partial charge in [0.1, 0.15) is 0 Å². The molecule has 0 bridgehead atoms. The lowest BCUT2D eigenvalue weighted by Crippen LogP contribution is -2.20. The zero-order valence-electron chi connectivity index (χ0n) is 11.1. The maximum Gasteiger partial charge on any atom is 0.225 e. The molecule has 0 fully saturated rings. The Morgan fingerprint density at radius 2 is 1.95 bits per heavy atom. The Labute approximate surface area is 118 Å². The van der Waals surface area contributed by atoms with Gasteiger partial charge in [-0.2, -0.15) is 0 Å². The summed E-state index contributed by atoms with van der Waals surface area (Å²) in [5.41, 5.74) is 8.67. The summed E-state index contributed by atoms with van der Waals surface area (Å²) in [6.07, 6.45) is 1.79. The number of halogens is 1. The number of nitrogens with zero attached hydrogens (tertiary/aromatic N) is 3. The molecule has 0 spiro atoms. The minimum atomic E-state index is 0.465. The highest BCUT2D eigenvalue weighted by Gasteiger charge is 2.07. The fraction of sp³-hybridized carbons (Fsp3) is 0.286. The quantitative estimate of drug-likeness (QED) is 0.932. The van der Waals surface area contributed by atoms with Crippen LogP contribution in [0.25, 0.3) is 0 Å². The average Bonchev–Trinajstić information content (AvgIpc) is 2.41. The Hall–Kier alpha value is -1.65. The molecule has 2 rings (SSSR count). The largest absolute Gasteiger partial charge is 0.340 e. The molecule has 100 valence electrons. The first-order valence-corrected chi connectivity index (χ1v) is 6.46. The summed E-state index contributed by atoms with van der Waals surface area (Å²) in [7, 11) is 1.96. The summed E-state index contributed by atoms with van der Waals surface area (Å²) in [5.74, 6) is 0.699. The van der Waals surface area contributed by atoms with Crippen molar-refractivity contribution < 1.29 is 0 Å². The number of aromatic nitrogens is 2. The van der Waals surface area contributed by atoms with Crippen LogP contribution in [0, 0.1) is 6.92 Å². The predicted molar refractivity (Wildman–Crippen MR) is 78.2 cm³/mol. The van der Waals surface area contributed by atoms with E-state index in [4.69, 9.17) is 17.3 Å². The molecule has 0 aliphatic carbocycles. The molecule has 19 heavy (non-hydrogen) atoms. The summed E-state index contributed by atoms with van der Waals surface area (Å²) in [4.78, 5) is 10.8. The van der Waals surface area contributed by atoms with Crippen LogP contribution < -0.4 is 10.6 Å². The minimum absolute atomic E-state index is 0.465. The Balaban J connectivity index is 2.13. The van der Waals surface area contributed by atoms with Gasteiger partial charge in [0.2, 0.25) is 5.95 Å². The molecule has 0 radical (unpaired) electrons. The van der Waals surface area contributed by atoms with Gasteiger partial charge in [-0.15, -0.1) is 0 Å². The summed E-state index contributed by atoms with van der Waals surface area (Å²) < 4.78 is 0. The highest BCUT2D eigenvalue weighted by Crippen LogP contribution is 2.14. The third kappa shape index (κ3) is 3.43. The molecular weight excluding hydrogens is 260 g/mol. The van der Waals surface area contributed by atoms with Crippen molar-refractivity contribution >= 4 is 17.5 Å². The van der Waals surface area contributed by atoms with Gasteiger partial charge in [0, 0.05) is 42.6 Å². The van der Waals surface area contributed by atoms with E-state index in [0.29, 0.717) is 12.5 Å². The lowest BCUT2D eigenvalue weighted by molar-refractivity contribution is 0.846. The van der Waals surface area contributed by atoms with Gasteiger partial charge >= 0.3 is 0 Å². The molecule has 2 N–H and O–H groups in total. The van der Waals surface area contributed by atoms with Gasteiger partial charge in [-0.3, -0.25) is 0 Å². The number of aryl methyl sites for hydroxylation is 1. The zero-order chi connectivity index (χ0) is 13.8. The van der Waals surface area contributed by atoms with Gasteiger partial charge in [-0.05, 0) is 24.6 Å². The molecule has 1 heterocycles. The topological polar surface area (TPSA) is 55.0 Å². The molecule has 0 saturated carbocycles. The number of rotatable bonds is 4. The van der Waals surface area contributed by atoms with Gasteiger partial charge < -0.3 is 10.6 Å². The van der Waals surface area contributed by atoms with Gasteiger partial charge in [-0.25, -0.2) is 9.97 Å². The third-order valence-electron chi connectivity index (χ3n) is 2.96. The third-order valence-corrected chi connectivity index (χ3v) is 3.21. The van der Waals surface area contributed by atoms with Crippen molar-refractivity contribution in [1.29, 1.82) is 0 Å². The average molecular weight is 277 g/mol. The van der Waals surface area contributed by atoms with E-state index in [1.54, 1.807) is 6.20 Å². The molecule has 1 aromatic carbocycles. The van der Waals surface area contributed by atoms with Crippen molar-refractivity contribution in [1.82, 2.24) is 9.97 Å². The van der Waals surface area contributed by atoms with Crippen LogP contribution in [-0.4, -0.2) is 17.0 Å². The SMILES string of the molecule is Cc1nc(N(C)Cc2ccc(Cl)cc2)ncc1CN. The Morgan fingerprint density at radius 1 is 1.26 bits per heavy atom. The molecule has 0 amide bonds. The number of nitrogens with two attached hydrogens (primary N) is 1. The van der Waals surface area contributed by atoms with Crippen molar-refractivity contribution in [3.63, 3.8) is 0 Å². The van der Waals surface area contributed by atoms with Gasteiger partial charge in [-0.1, -0.05) is 23.7 Å². The molecular formula is C14H17ClN4. The van der Waals surface area contributed by atoms with Gasteiger partial charge in [0.05, 0.1) is 0 Å². The maximum atomic E-state index is 5.87. The van der Waals surface area contributed by atoms with E-state index in [9.17, 15) is 0 Å². The van der Waals surface area contributed by atoms with Crippen molar-refractivity contribution in [2.24, 2.45) is 5.73 Å². The van der Waals surface area contributed by atoms with Crippen LogP contribution in [0.15, 0.2) is 30.5 Å². The van der Waals surface area contributed by atoms with Crippen molar-refractivity contribution in [2.45, 2.75) is 20.0 Å². The first kappa shape index (κ1) is 13.8. The summed E-state index contributed by atoms with van der Waals surface area (Å²) in [5, 5.41) is 0.741. The standard InChI is InChI=1S/C14H17ClN4/c1-10-12(7-16)8-17-14(18-10)19(2)9-11-3-5-13(15)6-4-11/h3-6,8H,7,9,16H2,1-2H3. The highest BCUT2D eigenvalue weighted by atomic mass is 35.5. The molecule has 1 aromatic heterocycles. The van der Waals surface area contributed by atoms with Crippen LogP contribution in [-0.2, 0) is 13.1 Å². The molecule has 0 aliphatic heterocycles. The first-order valence-electron chi connectivity index (χ1n) is 6.08. The Bertz CT molecular complexity index is 554. The Morgan fingerprint density at radius 3 is 2.53 bits per heavy atom. The van der Waals surface area contributed by atoms with E-state index in [1.807, 2.05) is 43.1 Å². The van der Waals surface area contributed by atoms with Crippen LogP contribution in [0.3, 0.4) is 0 Å². The molecule has 0 atom stereocenters. The summed E-state index contributed by atoms with van der Waals surface area (Å²) in [6, 6.07) is 7.77. The van der Waals surface area contributed by atoms with E-state index < -0.39 is 0 Å². The van der Waals surface area contributed by atoms with Crippen LogP contribution in [0.4, 0.5) is 5.95 Å². The van der Waals surface area contributed by atoms with E-state index in [-0.39, 0.29) is 0 Å². The molecule has 0 saturated heterocycles. The fourth-order valence-corrected chi connectivity index (χ4v) is 1.92. The van der Waals surface area contributed by atoms with Crippen LogP contribution >= 0.6 is 11.6 Å². The van der Waals surface area contributed by atoms with Crippen molar-refractivity contribution in [3.05, 3.63) is 52.3 Å². The van der Waals surface area contributed by atoms with Crippen LogP contribution in [0.2, 0.25) is 5.02 Å². The van der Waals surface area contributed by atoms with E-state index in [2.05, 4.69) is 9.97 Å². The zero-order valence-corrected chi connectivity index (χ0v) is 11.9. The van der Waals surface area contributed by atoms with E-state index in [0.717, 1.165) is 28.4 Å². The Kier molecular flexibility index (Phi) is 4.35. The monoisotopic (exact) mass is 276 g/mol. The first-order chi connectivity index (χ1) is 9.10. The van der Waals surface area contributed by atoms with Gasteiger partial charge in [0.25, 0.3) is 0 Å². The second-order valence-electron chi connectivity index (χ2n) is 4.47. The summed E-state index contributed by atoms with van der Waals surface area (Å²) in [6.45, 7) is 3.15. The molecule has 4 nitrogen and oxygen atoms in total. The van der Waals surface area contributed by atoms with Crippen molar-refractivity contribution in [2.75, 3.05) is 11.9 Å². The van der Waals surface area contributed by atoms with Crippen LogP contribution in [0.1, 0.15) is 16.8 Å². The summed E-state index contributed by atoms with van der Waals surface area (Å²) >= 11 is 5.87. The highest BCUT2D eigenvalue weighted by molar-refractivity contribution is 6.30. The fourth-order valence-electron chi connectivity index (χ4n) is 1.80. The lowest BCUT2D eigenvalue weighted by Gasteiger charge is -2.18. The number of hydrogen-bond donors (Lipinski definition) is 1. The van der Waals surface area contributed by atoms with E-state index >= 15 is 0 Å². The number of anilines is 1. The number of benzene rings is 1. The maximum absolute atomic E-state index is 5.87. The van der Waals surface area contributed by atoms with Crippen molar-refractivity contribution in [3.8, 4) is 0 Å². The minimum Gasteiger partial charge on any atom is -0.340 e. The molecule has 2 aromatic rings.